The van der Waals surface area contributed by atoms with Gasteiger partial charge in [-0.1, -0.05) is 38.1 Å². The molecule has 1 aliphatic rings. The SMILES string of the molecule is COc1ccc(NC2c3ccccc3CCC2(C)C)cn1. The molecule has 110 valence electrons. The fourth-order valence-corrected chi connectivity index (χ4v) is 3.09. The third-order valence-electron chi connectivity index (χ3n) is 4.44. The molecule has 2 aromatic rings. The van der Waals surface area contributed by atoms with Gasteiger partial charge < -0.3 is 10.1 Å². The summed E-state index contributed by atoms with van der Waals surface area (Å²) in [5.41, 5.74) is 4.11. The van der Waals surface area contributed by atoms with Gasteiger partial charge in [0.05, 0.1) is 25.0 Å². The van der Waals surface area contributed by atoms with E-state index in [1.54, 1.807) is 7.11 Å². The largest absolute Gasteiger partial charge is 0.481 e. The van der Waals surface area contributed by atoms with Crippen molar-refractivity contribution >= 4 is 5.69 Å². The van der Waals surface area contributed by atoms with E-state index in [2.05, 4.69) is 48.4 Å². The lowest BCUT2D eigenvalue weighted by Gasteiger charge is -2.41. The third kappa shape index (κ3) is 2.73. The highest BCUT2D eigenvalue weighted by molar-refractivity contribution is 5.47. The van der Waals surface area contributed by atoms with Crippen molar-refractivity contribution in [1.29, 1.82) is 0 Å². The zero-order chi connectivity index (χ0) is 14.9. The number of methoxy groups -OCH3 is 1. The molecule has 0 radical (unpaired) electrons. The van der Waals surface area contributed by atoms with Crippen LogP contribution in [0.4, 0.5) is 5.69 Å². The Morgan fingerprint density at radius 3 is 2.71 bits per heavy atom. The van der Waals surface area contributed by atoms with Crippen LogP contribution in [-0.4, -0.2) is 12.1 Å². The van der Waals surface area contributed by atoms with E-state index < -0.39 is 0 Å². The summed E-state index contributed by atoms with van der Waals surface area (Å²) in [6.07, 6.45) is 4.18. The van der Waals surface area contributed by atoms with Gasteiger partial charge in [-0.15, -0.1) is 0 Å². The van der Waals surface area contributed by atoms with Gasteiger partial charge in [-0.3, -0.25) is 0 Å². The normalized spacial score (nSPS) is 19.7. The van der Waals surface area contributed by atoms with Crippen molar-refractivity contribution in [1.82, 2.24) is 4.98 Å². The number of fused-ring (bicyclic) bond motifs is 1. The molecule has 3 heteroatoms. The number of hydrogen-bond acceptors (Lipinski definition) is 3. The topological polar surface area (TPSA) is 34.1 Å². The van der Waals surface area contributed by atoms with Gasteiger partial charge in [0.1, 0.15) is 0 Å². The second-order valence-electron chi connectivity index (χ2n) is 6.35. The van der Waals surface area contributed by atoms with Crippen molar-refractivity contribution in [2.75, 3.05) is 12.4 Å². The Hall–Kier alpha value is -2.03. The number of ether oxygens (including phenoxy) is 1. The van der Waals surface area contributed by atoms with Crippen LogP contribution in [-0.2, 0) is 6.42 Å². The summed E-state index contributed by atoms with van der Waals surface area (Å²) in [5.74, 6) is 0.642. The zero-order valence-electron chi connectivity index (χ0n) is 12.9. The van der Waals surface area contributed by atoms with E-state index >= 15 is 0 Å². The third-order valence-corrected chi connectivity index (χ3v) is 4.44. The Kier molecular flexibility index (Phi) is 3.58. The highest BCUT2D eigenvalue weighted by Gasteiger charge is 2.35. The summed E-state index contributed by atoms with van der Waals surface area (Å²) in [5, 5.41) is 3.66. The molecule has 1 aromatic carbocycles. The van der Waals surface area contributed by atoms with E-state index in [1.807, 2.05) is 18.3 Å². The maximum atomic E-state index is 5.12. The maximum absolute atomic E-state index is 5.12. The predicted molar refractivity (Wildman–Crippen MR) is 85.7 cm³/mol. The van der Waals surface area contributed by atoms with E-state index in [0.717, 1.165) is 12.1 Å². The second kappa shape index (κ2) is 5.40. The Labute approximate surface area is 126 Å². The van der Waals surface area contributed by atoms with Crippen LogP contribution in [0.25, 0.3) is 0 Å². The highest BCUT2D eigenvalue weighted by atomic mass is 16.5. The van der Waals surface area contributed by atoms with Gasteiger partial charge in [0.2, 0.25) is 5.88 Å². The smallest absolute Gasteiger partial charge is 0.213 e. The van der Waals surface area contributed by atoms with Crippen LogP contribution in [0.2, 0.25) is 0 Å². The number of pyridine rings is 1. The molecular weight excluding hydrogens is 260 g/mol. The molecule has 0 amide bonds. The zero-order valence-corrected chi connectivity index (χ0v) is 12.9. The lowest BCUT2D eigenvalue weighted by atomic mass is 9.70. The monoisotopic (exact) mass is 282 g/mol. The molecule has 0 saturated carbocycles. The van der Waals surface area contributed by atoms with Crippen LogP contribution in [0.3, 0.4) is 0 Å². The lowest BCUT2D eigenvalue weighted by Crippen LogP contribution is -2.33. The number of rotatable bonds is 3. The summed E-state index contributed by atoms with van der Waals surface area (Å²) in [4.78, 5) is 4.28. The van der Waals surface area contributed by atoms with Gasteiger partial charge >= 0.3 is 0 Å². The van der Waals surface area contributed by atoms with Crippen LogP contribution in [0.5, 0.6) is 5.88 Å². The van der Waals surface area contributed by atoms with Gasteiger partial charge in [-0.05, 0) is 35.4 Å². The van der Waals surface area contributed by atoms with Crippen molar-refractivity contribution < 1.29 is 4.74 Å². The number of aryl methyl sites for hydroxylation is 1. The number of benzene rings is 1. The molecule has 0 saturated heterocycles. The number of nitrogens with one attached hydrogen (secondary N) is 1. The van der Waals surface area contributed by atoms with Crippen LogP contribution < -0.4 is 10.1 Å². The van der Waals surface area contributed by atoms with Crippen molar-refractivity contribution in [2.45, 2.75) is 32.7 Å². The minimum Gasteiger partial charge on any atom is -0.481 e. The van der Waals surface area contributed by atoms with E-state index in [1.165, 1.54) is 17.5 Å². The molecule has 21 heavy (non-hydrogen) atoms. The van der Waals surface area contributed by atoms with Crippen LogP contribution in [0.1, 0.15) is 37.4 Å². The van der Waals surface area contributed by atoms with Gasteiger partial charge in [0.25, 0.3) is 0 Å². The molecule has 0 aliphatic heterocycles. The van der Waals surface area contributed by atoms with E-state index in [9.17, 15) is 0 Å². The molecule has 1 atom stereocenters. The van der Waals surface area contributed by atoms with Crippen molar-refractivity contribution in [2.24, 2.45) is 5.41 Å². The Balaban J connectivity index is 1.91. The molecule has 0 spiro atoms. The second-order valence-corrected chi connectivity index (χ2v) is 6.35. The summed E-state index contributed by atoms with van der Waals surface area (Å²) in [6.45, 7) is 4.66. The van der Waals surface area contributed by atoms with Gasteiger partial charge in [0.15, 0.2) is 0 Å². The first-order chi connectivity index (χ1) is 10.1. The van der Waals surface area contributed by atoms with Gasteiger partial charge in [-0.2, -0.15) is 0 Å². The molecule has 1 aliphatic carbocycles. The minimum absolute atomic E-state index is 0.217. The molecule has 1 N–H and O–H groups in total. The molecule has 0 bridgehead atoms. The average molecular weight is 282 g/mol. The number of nitrogens with zero attached hydrogens (tertiary/aromatic N) is 1. The maximum Gasteiger partial charge on any atom is 0.213 e. The molecule has 1 heterocycles. The summed E-state index contributed by atoms with van der Waals surface area (Å²) < 4.78 is 5.12. The van der Waals surface area contributed by atoms with Gasteiger partial charge in [0, 0.05) is 6.07 Å². The first kappa shape index (κ1) is 13.9. The first-order valence-corrected chi connectivity index (χ1v) is 7.44. The Morgan fingerprint density at radius 2 is 2.00 bits per heavy atom. The fourth-order valence-electron chi connectivity index (χ4n) is 3.09. The lowest BCUT2D eigenvalue weighted by molar-refractivity contribution is 0.265. The van der Waals surface area contributed by atoms with Crippen molar-refractivity contribution in [3.63, 3.8) is 0 Å². The number of hydrogen-bond donors (Lipinski definition) is 1. The molecule has 3 rings (SSSR count). The first-order valence-electron chi connectivity index (χ1n) is 7.44. The highest BCUT2D eigenvalue weighted by Crippen LogP contribution is 2.45. The summed E-state index contributed by atoms with van der Waals surface area (Å²) >= 11 is 0. The summed E-state index contributed by atoms with van der Waals surface area (Å²) in [7, 11) is 1.63. The van der Waals surface area contributed by atoms with Crippen LogP contribution in [0.15, 0.2) is 42.6 Å². The predicted octanol–water partition coefficient (Wildman–Crippen LogP) is 4.22. The van der Waals surface area contributed by atoms with Crippen molar-refractivity contribution in [3.8, 4) is 5.88 Å². The van der Waals surface area contributed by atoms with Crippen LogP contribution in [0, 0.1) is 5.41 Å². The molecule has 0 fully saturated rings. The molecular formula is C18H22N2O. The van der Waals surface area contributed by atoms with Gasteiger partial charge in [-0.25, -0.2) is 4.98 Å². The molecule has 1 aromatic heterocycles. The quantitative estimate of drug-likeness (QED) is 0.915. The standard InChI is InChI=1S/C18H22N2O/c1-18(2)11-10-13-6-4-5-7-15(13)17(18)20-14-8-9-16(21-3)19-12-14/h4-9,12,17,20H,10-11H2,1-3H3. The van der Waals surface area contributed by atoms with E-state index in [0.29, 0.717) is 11.9 Å². The Morgan fingerprint density at radius 1 is 1.19 bits per heavy atom. The van der Waals surface area contributed by atoms with E-state index in [4.69, 9.17) is 4.74 Å². The van der Waals surface area contributed by atoms with E-state index in [-0.39, 0.29) is 5.41 Å². The van der Waals surface area contributed by atoms with Crippen LogP contribution >= 0.6 is 0 Å². The fraction of sp³-hybridized carbons (Fsp3) is 0.389. The minimum atomic E-state index is 0.217. The number of aromatic nitrogens is 1. The summed E-state index contributed by atoms with van der Waals surface area (Å²) in [6, 6.07) is 13.0. The number of anilines is 1. The average Bonchev–Trinajstić information content (AvgIpc) is 2.51. The molecule has 1 unspecified atom stereocenters. The van der Waals surface area contributed by atoms with Crippen molar-refractivity contribution in [3.05, 3.63) is 53.7 Å². The molecule has 3 nitrogen and oxygen atoms in total. The Bertz CT molecular complexity index is 619.